The topological polar surface area (TPSA) is 50.8 Å². The van der Waals surface area contributed by atoms with Crippen LogP contribution in [0.4, 0.5) is 0 Å². The highest BCUT2D eigenvalue weighted by molar-refractivity contribution is 5.13. The van der Waals surface area contributed by atoms with Crippen molar-refractivity contribution in [3.63, 3.8) is 0 Å². The summed E-state index contributed by atoms with van der Waals surface area (Å²) in [7, 11) is 1.73. The summed E-state index contributed by atoms with van der Waals surface area (Å²) in [6.45, 7) is 0. The zero-order chi connectivity index (χ0) is 9.97. The number of hydrogen-bond donors (Lipinski definition) is 0. The summed E-state index contributed by atoms with van der Waals surface area (Å²) in [6, 6.07) is 2.38. The predicted molar refractivity (Wildman–Crippen MR) is 50.6 cm³/mol. The highest BCUT2D eigenvalue weighted by atomic mass is 16.5. The zero-order valence-corrected chi connectivity index (χ0v) is 8.18. The number of imidazole rings is 1. The van der Waals surface area contributed by atoms with Gasteiger partial charge in [-0.2, -0.15) is 5.26 Å². The lowest BCUT2D eigenvalue weighted by atomic mass is 10.2. The largest absolute Gasteiger partial charge is 0.379 e. The number of hydrogen-bond acceptors (Lipinski definition) is 3. The second-order valence-electron chi connectivity index (χ2n) is 3.54. The van der Waals surface area contributed by atoms with E-state index in [4.69, 9.17) is 10.00 Å². The van der Waals surface area contributed by atoms with Crippen LogP contribution in [0.2, 0.25) is 0 Å². The number of rotatable bonds is 2. The SMILES string of the molecule is COC1CCCC1n1ccnc1C#N. The molecule has 1 heterocycles. The lowest BCUT2D eigenvalue weighted by Crippen LogP contribution is -2.21. The van der Waals surface area contributed by atoms with Gasteiger partial charge in [-0.05, 0) is 19.3 Å². The van der Waals surface area contributed by atoms with Crippen LogP contribution in [0, 0.1) is 11.3 Å². The summed E-state index contributed by atoms with van der Waals surface area (Å²) in [5, 5.41) is 8.85. The summed E-state index contributed by atoms with van der Waals surface area (Å²) in [5.74, 6) is 0.485. The second kappa shape index (κ2) is 3.81. The van der Waals surface area contributed by atoms with Gasteiger partial charge in [-0.1, -0.05) is 0 Å². The molecule has 1 fully saturated rings. The van der Waals surface area contributed by atoms with E-state index in [0.29, 0.717) is 5.82 Å². The Hall–Kier alpha value is -1.34. The van der Waals surface area contributed by atoms with Crippen molar-refractivity contribution >= 4 is 0 Å². The van der Waals surface area contributed by atoms with Gasteiger partial charge in [-0.15, -0.1) is 0 Å². The van der Waals surface area contributed by atoms with Crippen molar-refractivity contribution in [3.05, 3.63) is 18.2 Å². The fourth-order valence-corrected chi connectivity index (χ4v) is 2.17. The van der Waals surface area contributed by atoms with Gasteiger partial charge in [0.25, 0.3) is 0 Å². The highest BCUT2D eigenvalue weighted by Gasteiger charge is 2.29. The van der Waals surface area contributed by atoms with Gasteiger partial charge >= 0.3 is 0 Å². The minimum atomic E-state index is 0.233. The first kappa shape index (κ1) is 9.22. The minimum Gasteiger partial charge on any atom is -0.379 e. The summed E-state index contributed by atoms with van der Waals surface area (Å²) in [4.78, 5) is 3.99. The molecule has 0 radical (unpaired) electrons. The molecule has 4 heteroatoms. The first-order valence-corrected chi connectivity index (χ1v) is 4.82. The number of methoxy groups -OCH3 is 1. The maximum atomic E-state index is 8.85. The summed E-state index contributed by atoms with van der Waals surface area (Å²) in [5.41, 5.74) is 0. The van der Waals surface area contributed by atoms with Crippen LogP contribution in [0.5, 0.6) is 0 Å². The van der Waals surface area contributed by atoms with E-state index >= 15 is 0 Å². The molecule has 2 unspecified atom stereocenters. The molecular weight excluding hydrogens is 178 g/mol. The third kappa shape index (κ3) is 1.40. The standard InChI is InChI=1S/C10H13N3O/c1-14-9-4-2-3-8(9)13-6-5-12-10(13)7-11/h5-6,8-9H,2-4H2,1H3. The smallest absolute Gasteiger partial charge is 0.213 e. The Balaban J connectivity index is 2.26. The molecular formula is C10H13N3O. The Kier molecular flexibility index (Phi) is 2.51. The van der Waals surface area contributed by atoms with Gasteiger partial charge < -0.3 is 9.30 Å². The molecule has 0 aromatic carbocycles. The van der Waals surface area contributed by atoms with Crippen LogP contribution < -0.4 is 0 Å². The van der Waals surface area contributed by atoms with Gasteiger partial charge in [0.05, 0.1) is 12.1 Å². The van der Waals surface area contributed by atoms with Crippen molar-refractivity contribution in [1.82, 2.24) is 9.55 Å². The monoisotopic (exact) mass is 191 g/mol. The van der Waals surface area contributed by atoms with Crippen molar-refractivity contribution in [2.24, 2.45) is 0 Å². The Labute approximate surface area is 83.1 Å². The van der Waals surface area contributed by atoms with Crippen molar-refractivity contribution in [2.45, 2.75) is 31.4 Å². The normalized spacial score (nSPS) is 26.3. The molecule has 2 atom stereocenters. The fourth-order valence-electron chi connectivity index (χ4n) is 2.17. The van der Waals surface area contributed by atoms with Crippen molar-refractivity contribution < 1.29 is 4.74 Å². The maximum absolute atomic E-state index is 8.85. The van der Waals surface area contributed by atoms with Crippen LogP contribution in [0.15, 0.2) is 12.4 Å². The molecule has 0 amide bonds. The molecule has 1 aliphatic carbocycles. The van der Waals surface area contributed by atoms with Crippen LogP contribution in [-0.2, 0) is 4.74 Å². The van der Waals surface area contributed by atoms with Crippen molar-refractivity contribution in [1.29, 1.82) is 5.26 Å². The third-order valence-corrected chi connectivity index (χ3v) is 2.85. The van der Waals surface area contributed by atoms with E-state index in [1.807, 2.05) is 10.8 Å². The van der Waals surface area contributed by atoms with E-state index in [9.17, 15) is 0 Å². The van der Waals surface area contributed by atoms with Crippen LogP contribution in [0.1, 0.15) is 31.1 Å². The molecule has 14 heavy (non-hydrogen) atoms. The van der Waals surface area contributed by atoms with Crippen molar-refractivity contribution in [3.8, 4) is 6.07 Å². The minimum absolute atomic E-state index is 0.233. The average Bonchev–Trinajstić information content (AvgIpc) is 2.85. The Morgan fingerprint density at radius 1 is 1.64 bits per heavy atom. The predicted octanol–water partition coefficient (Wildman–Crippen LogP) is 1.49. The molecule has 1 aromatic heterocycles. The van der Waals surface area contributed by atoms with E-state index < -0.39 is 0 Å². The van der Waals surface area contributed by atoms with Gasteiger partial charge in [-0.3, -0.25) is 0 Å². The molecule has 0 spiro atoms. The molecule has 0 bridgehead atoms. The number of aromatic nitrogens is 2. The molecule has 1 saturated carbocycles. The van der Waals surface area contributed by atoms with E-state index in [1.165, 1.54) is 0 Å². The summed E-state index contributed by atoms with van der Waals surface area (Å²) < 4.78 is 7.32. The first-order valence-electron chi connectivity index (χ1n) is 4.82. The van der Waals surface area contributed by atoms with Crippen molar-refractivity contribution in [2.75, 3.05) is 7.11 Å². The molecule has 0 N–H and O–H groups in total. The van der Waals surface area contributed by atoms with Gasteiger partial charge in [0.2, 0.25) is 5.82 Å². The summed E-state index contributed by atoms with van der Waals surface area (Å²) >= 11 is 0. The van der Waals surface area contributed by atoms with Crippen LogP contribution in [0.3, 0.4) is 0 Å². The summed E-state index contributed by atoms with van der Waals surface area (Å²) in [6.07, 6.45) is 7.07. The van der Waals surface area contributed by atoms with E-state index in [-0.39, 0.29) is 12.1 Å². The van der Waals surface area contributed by atoms with E-state index in [0.717, 1.165) is 19.3 Å². The maximum Gasteiger partial charge on any atom is 0.213 e. The molecule has 2 rings (SSSR count). The third-order valence-electron chi connectivity index (χ3n) is 2.85. The van der Waals surface area contributed by atoms with Gasteiger partial charge in [0.15, 0.2) is 0 Å². The molecule has 74 valence electrons. The van der Waals surface area contributed by atoms with Crippen LogP contribution in [0.25, 0.3) is 0 Å². The average molecular weight is 191 g/mol. The molecule has 1 aliphatic rings. The first-order chi connectivity index (χ1) is 6.86. The fraction of sp³-hybridized carbons (Fsp3) is 0.600. The lowest BCUT2D eigenvalue weighted by molar-refractivity contribution is 0.0746. The number of nitrogens with zero attached hydrogens (tertiary/aromatic N) is 3. The Morgan fingerprint density at radius 2 is 2.50 bits per heavy atom. The van der Waals surface area contributed by atoms with E-state index in [2.05, 4.69) is 11.1 Å². The van der Waals surface area contributed by atoms with E-state index in [1.54, 1.807) is 13.3 Å². The number of nitriles is 1. The second-order valence-corrected chi connectivity index (χ2v) is 3.54. The van der Waals surface area contributed by atoms with Gasteiger partial charge in [0, 0.05) is 19.5 Å². The Morgan fingerprint density at radius 3 is 3.21 bits per heavy atom. The van der Waals surface area contributed by atoms with Crippen LogP contribution >= 0.6 is 0 Å². The lowest BCUT2D eigenvalue weighted by Gasteiger charge is -2.19. The molecule has 1 aromatic rings. The van der Waals surface area contributed by atoms with Crippen LogP contribution in [-0.4, -0.2) is 22.8 Å². The number of ether oxygens (including phenoxy) is 1. The molecule has 4 nitrogen and oxygen atoms in total. The highest BCUT2D eigenvalue weighted by Crippen LogP contribution is 2.32. The quantitative estimate of drug-likeness (QED) is 0.711. The molecule has 0 aliphatic heterocycles. The van der Waals surface area contributed by atoms with Gasteiger partial charge in [-0.25, -0.2) is 4.98 Å². The zero-order valence-electron chi connectivity index (χ0n) is 8.18. The Bertz CT molecular complexity index is 352. The van der Waals surface area contributed by atoms with Gasteiger partial charge in [0.1, 0.15) is 6.07 Å². The molecule has 0 saturated heterocycles.